The van der Waals surface area contributed by atoms with E-state index in [0.717, 1.165) is 37.3 Å². The minimum Gasteiger partial charge on any atom is -0.381 e. The van der Waals surface area contributed by atoms with Crippen LogP contribution in [-0.2, 0) is 6.18 Å². The van der Waals surface area contributed by atoms with Gasteiger partial charge in [0, 0.05) is 30.9 Å². The van der Waals surface area contributed by atoms with Gasteiger partial charge in [0.15, 0.2) is 0 Å². The van der Waals surface area contributed by atoms with Crippen molar-refractivity contribution in [1.82, 2.24) is 15.5 Å². The monoisotopic (exact) mass is 363 g/mol. The van der Waals surface area contributed by atoms with Crippen molar-refractivity contribution in [1.29, 1.82) is 0 Å². The molecule has 0 bridgehead atoms. The predicted molar refractivity (Wildman–Crippen MR) is 93.3 cm³/mol. The van der Waals surface area contributed by atoms with Gasteiger partial charge in [0.1, 0.15) is 0 Å². The van der Waals surface area contributed by atoms with E-state index in [1.54, 1.807) is 0 Å². The van der Waals surface area contributed by atoms with Crippen LogP contribution in [0.3, 0.4) is 0 Å². The van der Waals surface area contributed by atoms with E-state index in [-0.39, 0.29) is 5.56 Å². The molecule has 138 valence electrons. The number of alkyl halides is 3. The first-order valence-electron chi connectivity index (χ1n) is 8.41. The lowest BCUT2D eigenvalue weighted by Crippen LogP contribution is -2.40. The third-order valence-corrected chi connectivity index (χ3v) is 4.36. The van der Waals surface area contributed by atoms with Gasteiger partial charge >= 0.3 is 6.18 Å². The van der Waals surface area contributed by atoms with Crippen LogP contribution in [0.1, 0.15) is 22.3 Å². The zero-order valence-electron chi connectivity index (χ0n) is 14.1. The van der Waals surface area contributed by atoms with Gasteiger partial charge in [0.05, 0.1) is 12.2 Å². The first kappa shape index (κ1) is 18.3. The Morgan fingerprint density at radius 3 is 2.81 bits per heavy atom. The van der Waals surface area contributed by atoms with Crippen LogP contribution in [0, 0.1) is 0 Å². The third kappa shape index (κ3) is 4.54. The number of nitrogens with zero attached hydrogens (tertiary/aromatic N) is 1. The number of amides is 1. The molecule has 0 atom stereocenters. The molecular formula is C19H20F3N3O. The molecule has 0 aliphatic carbocycles. The van der Waals surface area contributed by atoms with E-state index >= 15 is 0 Å². The van der Waals surface area contributed by atoms with E-state index in [4.69, 9.17) is 0 Å². The zero-order chi connectivity index (χ0) is 18.6. The van der Waals surface area contributed by atoms with Crippen molar-refractivity contribution in [2.24, 2.45) is 0 Å². The molecule has 4 nitrogen and oxygen atoms in total. The van der Waals surface area contributed by atoms with Crippen molar-refractivity contribution in [2.75, 3.05) is 26.3 Å². The molecule has 2 aliphatic rings. The number of hydrogen-bond acceptors (Lipinski definition) is 3. The summed E-state index contributed by atoms with van der Waals surface area (Å²) in [6.45, 7) is 2.57. The van der Waals surface area contributed by atoms with Crippen molar-refractivity contribution in [3.63, 3.8) is 0 Å². The van der Waals surface area contributed by atoms with Crippen LogP contribution in [0.5, 0.6) is 0 Å². The molecule has 2 aliphatic heterocycles. The van der Waals surface area contributed by atoms with Gasteiger partial charge in [0.2, 0.25) is 0 Å². The number of hydrogen-bond donors (Lipinski definition) is 2. The number of nitrogens with one attached hydrogen (secondary N) is 2. The molecule has 1 aromatic carbocycles. The Bertz CT molecular complexity index is 766. The Balaban J connectivity index is 1.54. The number of dihydropyridines is 1. The molecule has 2 heterocycles. The Hall–Kier alpha value is -2.54. The number of halogens is 3. The number of carbonyl (C=O) groups is 1. The van der Waals surface area contributed by atoms with Gasteiger partial charge in [-0.2, -0.15) is 13.2 Å². The quantitative estimate of drug-likeness (QED) is 0.864. The molecule has 1 amide bonds. The van der Waals surface area contributed by atoms with Crippen LogP contribution in [0.2, 0.25) is 0 Å². The predicted octanol–water partition coefficient (Wildman–Crippen LogP) is 3.07. The second-order valence-electron chi connectivity index (χ2n) is 6.19. The maximum Gasteiger partial charge on any atom is 0.416 e. The lowest BCUT2D eigenvalue weighted by Gasteiger charge is -2.28. The maximum absolute atomic E-state index is 12.7. The van der Waals surface area contributed by atoms with Gasteiger partial charge in [0.25, 0.3) is 5.91 Å². The normalized spacial score (nSPS) is 18.0. The molecule has 0 aromatic heterocycles. The summed E-state index contributed by atoms with van der Waals surface area (Å²) >= 11 is 0. The fraction of sp³-hybridized carbons (Fsp3) is 0.316. The Kier molecular flexibility index (Phi) is 5.46. The third-order valence-electron chi connectivity index (χ3n) is 4.36. The highest BCUT2D eigenvalue weighted by Crippen LogP contribution is 2.29. The summed E-state index contributed by atoms with van der Waals surface area (Å²) in [5.41, 5.74) is 1.56. The van der Waals surface area contributed by atoms with Gasteiger partial charge in [-0.25, -0.2) is 0 Å². The van der Waals surface area contributed by atoms with Crippen LogP contribution >= 0.6 is 0 Å². The summed E-state index contributed by atoms with van der Waals surface area (Å²) in [5, 5.41) is 6.01. The standard InChI is InChI=1S/C19H20F3N3O/c20-19(21,22)16-5-3-4-15(12-16)18(26)24-13-25-10-7-14(8-11-25)17-6-1-2-9-23-17/h1-7,12,23H,8-11,13H2,(H,24,26). The molecule has 0 saturated heterocycles. The molecule has 7 heteroatoms. The van der Waals surface area contributed by atoms with E-state index in [0.29, 0.717) is 13.2 Å². The molecule has 0 unspecified atom stereocenters. The Morgan fingerprint density at radius 1 is 1.31 bits per heavy atom. The van der Waals surface area contributed by atoms with Crippen LogP contribution < -0.4 is 10.6 Å². The van der Waals surface area contributed by atoms with Crippen molar-refractivity contribution < 1.29 is 18.0 Å². The maximum atomic E-state index is 12.7. The fourth-order valence-electron chi connectivity index (χ4n) is 2.90. The van der Waals surface area contributed by atoms with E-state index in [2.05, 4.69) is 16.7 Å². The molecule has 0 saturated carbocycles. The van der Waals surface area contributed by atoms with Crippen molar-refractivity contribution in [3.8, 4) is 0 Å². The van der Waals surface area contributed by atoms with Crippen molar-refractivity contribution in [2.45, 2.75) is 12.6 Å². The minimum absolute atomic E-state index is 0.0106. The highest BCUT2D eigenvalue weighted by molar-refractivity contribution is 5.94. The Labute approximate surface area is 150 Å². The highest BCUT2D eigenvalue weighted by Gasteiger charge is 2.30. The number of benzene rings is 1. The molecule has 0 fully saturated rings. The van der Waals surface area contributed by atoms with Crippen LogP contribution in [0.25, 0.3) is 0 Å². The number of carbonyl (C=O) groups excluding carboxylic acids is 1. The fourth-order valence-corrected chi connectivity index (χ4v) is 2.90. The molecular weight excluding hydrogens is 343 g/mol. The number of rotatable bonds is 4. The smallest absolute Gasteiger partial charge is 0.381 e. The SMILES string of the molecule is O=C(NCN1CC=C(C2=CC=CCN2)CC1)c1cccc(C(F)(F)F)c1. The molecule has 0 spiro atoms. The first-order valence-corrected chi connectivity index (χ1v) is 8.41. The van der Waals surface area contributed by atoms with E-state index in [1.165, 1.54) is 17.7 Å². The summed E-state index contributed by atoms with van der Waals surface area (Å²) < 4.78 is 38.2. The molecule has 26 heavy (non-hydrogen) atoms. The zero-order valence-corrected chi connectivity index (χ0v) is 14.1. The van der Waals surface area contributed by atoms with E-state index in [9.17, 15) is 18.0 Å². The van der Waals surface area contributed by atoms with E-state index in [1.807, 2.05) is 23.1 Å². The average molecular weight is 363 g/mol. The van der Waals surface area contributed by atoms with Gasteiger partial charge in [-0.1, -0.05) is 24.3 Å². The summed E-state index contributed by atoms with van der Waals surface area (Å²) in [7, 11) is 0. The molecule has 1 aromatic rings. The average Bonchev–Trinajstić information content (AvgIpc) is 2.66. The summed E-state index contributed by atoms with van der Waals surface area (Å²) in [5.74, 6) is -0.507. The van der Waals surface area contributed by atoms with Crippen molar-refractivity contribution >= 4 is 5.91 Å². The minimum atomic E-state index is -4.46. The second-order valence-corrected chi connectivity index (χ2v) is 6.19. The topological polar surface area (TPSA) is 44.4 Å². The van der Waals surface area contributed by atoms with Crippen LogP contribution in [0.15, 0.2) is 59.8 Å². The lowest BCUT2D eigenvalue weighted by molar-refractivity contribution is -0.137. The highest BCUT2D eigenvalue weighted by atomic mass is 19.4. The molecule has 0 radical (unpaired) electrons. The summed E-state index contributed by atoms with van der Waals surface area (Å²) in [4.78, 5) is 14.2. The first-order chi connectivity index (χ1) is 12.4. The summed E-state index contributed by atoms with van der Waals surface area (Å²) in [6.07, 6.45) is 4.61. The van der Waals surface area contributed by atoms with Gasteiger partial charge in [-0.15, -0.1) is 0 Å². The second kappa shape index (κ2) is 7.78. The van der Waals surface area contributed by atoms with Gasteiger partial charge in [-0.05, 0) is 36.3 Å². The largest absolute Gasteiger partial charge is 0.416 e. The van der Waals surface area contributed by atoms with Crippen LogP contribution in [0.4, 0.5) is 13.2 Å². The van der Waals surface area contributed by atoms with Gasteiger partial charge < -0.3 is 10.6 Å². The summed E-state index contributed by atoms with van der Waals surface area (Å²) in [6, 6.07) is 4.45. The molecule has 2 N–H and O–H groups in total. The van der Waals surface area contributed by atoms with Gasteiger partial charge in [-0.3, -0.25) is 9.69 Å². The van der Waals surface area contributed by atoms with Crippen LogP contribution in [-0.4, -0.2) is 37.1 Å². The number of allylic oxidation sites excluding steroid dienone is 3. The van der Waals surface area contributed by atoms with E-state index < -0.39 is 17.6 Å². The van der Waals surface area contributed by atoms with Crippen molar-refractivity contribution in [3.05, 3.63) is 71.0 Å². The Morgan fingerprint density at radius 2 is 2.15 bits per heavy atom. The lowest BCUT2D eigenvalue weighted by atomic mass is 10.0. The molecule has 3 rings (SSSR count).